The van der Waals surface area contributed by atoms with Crippen molar-refractivity contribution in [2.75, 3.05) is 13.9 Å². The van der Waals surface area contributed by atoms with Crippen molar-refractivity contribution in [2.45, 2.75) is 52.9 Å². The Hall–Kier alpha value is -1.59. The first-order valence-electron chi connectivity index (χ1n) is 8.00. The van der Waals surface area contributed by atoms with E-state index >= 15 is 0 Å². The van der Waals surface area contributed by atoms with E-state index in [0.29, 0.717) is 0 Å². The Balaban J connectivity index is 3.04. The molecule has 5 heteroatoms. The van der Waals surface area contributed by atoms with Crippen LogP contribution in [0.25, 0.3) is 0 Å². The number of nitrogens with one attached hydrogen (secondary N) is 1. The van der Waals surface area contributed by atoms with Crippen molar-refractivity contribution in [3.63, 3.8) is 0 Å². The van der Waals surface area contributed by atoms with E-state index < -0.39 is 12.2 Å². The molecule has 1 amide bonds. The molecule has 0 radical (unpaired) electrons. The Bertz CT molecular complexity index is 488. The molecule has 1 aromatic rings. The minimum absolute atomic E-state index is 0.0205. The fraction of sp³-hybridized carbons (Fsp3) is 0.611. The molecule has 2 unspecified atom stereocenters. The predicted octanol–water partition coefficient (Wildman–Crippen LogP) is 3.82. The number of hydrogen-bond donors (Lipinski definition) is 1. The van der Waals surface area contributed by atoms with Crippen LogP contribution in [0.4, 0.5) is 4.79 Å². The number of amides is 1. The van der Waals surface area contributed by atoms with Crippen LogP contribution in [0.5, 0.6) is 0 Å². The van der Waals surface area contributed by atoms with Crippen LogP contribution < -0.4 is 5.32 Å². The molecule has 5 nitrogen and oxygen atoms in total. The minimum atomic E-state index is -0.432. The fourth-order valence-corrected chi connectivity index (χ4v) is 2.35. The second kappa shape index (κ2) is 9.53. The number of methoxy groups -OCH3 is 1. The third kappa shape index (κ3) is 6.20. The van der Waals surface area contributed by atoms with Gasteiger partial charge in [0.2, 0.25) is 0 Å². The molecule has 0 aliphatic carbocycles. The van der Waals surface area contributed by atoms with Gasteiger partial charge in [0, 0.05) is 13.2 Å². The van der Waals surface area contributed by atoms with Gasteiger partial charge in [-0.05, 0) is 37.8 Å². The topological polar surface area (TPSA) is 56.8 Å². The largest absolute Gasteiger partial charge is 0.443 e. The van der Waals surface area contributed by atoms with Crippen molar-refractivity contribution in [1.82, 2.24) is 5.32 Å². The van der Waals surface area contributed by atoms with Gasteiger partial charge in [0.15, 0.2) is 0 Å². The lowest BCUT2D eigenvalue weighted by atomic mass is 9.93. The summed E-state index contributed by atoms with van der Waals surface area (Å²) in [7, 11) is 1.58. The van der Waals surface area contributed by atoms with E-state index in [1.807, 2.05) is 58.9 Å². The van der Waals surface area contributed by atoms with Crippen molar-refractivity contribution in [2.24, 2.45) is 5.92 Å². The highest BCUT2D eigenvalue weighted by atomic mass is 16.7. The van der Waals surface area contributed by atoms with E-state index in [1.54, 1.807) is 7.11 Å². The summed E-state index contributed by atoms with van der Waals surface area (Å²) in [5.74, 6) is 0.0920. The summed E-state index contributed by atoms with van der Waals surface area (Å²) in [6.07, 6.45) is -1.22. The van der Waals surface area contributed by atoms with Gasteiger partial charge in [-0.1, -0.05) is 38.1 Å². The van der Waals surface area contributed by atoms with Gasteiger partial charge in [-0.2, -0.15) is 0 Å². The zero-order valence-corrected chi connectivity index (χ0v) is 15.0. The molecule has 0 aromatic heterocycles. The van der Waals surface area contributed by atoms with Crippen LogP contribution in [0.3, 0.4) is 0 Å². The Morgan fingerprint density at radius 2 is 1.83 bits per heavy atom. The predicted molar refractivity (Wildman–Crippen MR) is 90.3 cm³/mol. The van der Waals surface area contributed by atoms with Gasteiger partial charge in [-0.25, -0.2) is 4.79 Å². The molecule has 0 saturated carbocycles. The van der Waals surface area contributed by atoms with Gasteiger partial charge < -0.3 is 19.5 Å². The second-order valence-electron chi connectivity index (χ2n) is 6.26. The molecule has 1 N–H and O–H groups in total. The highest BCUT2D eigenvalue weighted by Crippen LogP contribution is 2.30. The lowest BCUT2D eigenvalue weighted by molar-refractivity contribution is -0.126. The standard InChI is InChI=1S/C18H29NO4/c1-12(2)16(23-18(20)19-13(3)4)17(22-11-21-6)15-10-8-7-9-14(15)5/h7-10,12-13,16-17H,11H2,1-6H3,(H,19,20). The first-order valence-corrected chi connectivity index (χ1v) is 8.00. The van der Waals surface area contributed by atoms with Gasteiger partial charge in [-0.3, -0.25) is 0 Å². The number of carbonyl (C=O) groups is 1. The van der Waals surface area contributed by atoms with Crippen LogP contribution in [0.15, 0.2) is 24.3 Å². The zero-order chi connectivity index (χ0) is 17.4. The van der Waals surface area contributed by atoms with E-state index in [1.165, 1.54) is 0 Å². The van der Waals surface area contributed by atoms with E-state index in [4.69, 9.17) is 14.2 Å². The molecule has 0 bridgehead atoms. The number of carbonyl (C=O) groups excluding carboxylic acids is 1. The Labute approximate surface area is 139 Å². The number of benzene rings is 1. The molecule has 0 fully saturated rings. The first-order chi connectivity index (χ1) is 10.9. The first kappa shape index (κ1) is 19.5. The van der Waals surface area contributed by atoms with Crippen LogP contribution in [-0.4, -0.2) is 32.1 Å². The summed E-state index contributed by atoms with van der Waals surface area (Å²) in [6.45, 7) is 9.96. The number of ether oxygens (including phenoxy) is 3. The van der Waals surface area contributed by atoms with Crippen molar-refractivity contribution >= 4 is 6.09 Å². The molecular formula is C18H29NO4. The van der Waals surface area contributed by atoms with Gasteiger partial charge in [0.1, 0.15) is 19.0 Å². The third-order valence-corrected chi connectivity index (χ3v) is 3.47. The Morgan fingerprint density at radius 1 is 1.17 bits per heavy atom. The minimum Gasteiger partial charge on any atom is -0.443 e. The second-order valence-corrected chi connectivity index (χ2v) is 6.26. The highest BCUT2D eigenvalue weighted by Gasteiger charge is 2.31. The Morgan fingerprint density at radius 3 is 2.35 bits per heavy atom. The van der Waals surface area contributed by atoms with Gasteiger partial charge in [-0.15, -0.1) is 0 Å². The summed E-state index contributed by atoms with van der Waals surface area (Å²) in [5, 5.41) is 2.76. The molecule has 0 aliphatic heterocycles. The molecule has 23 heavy (non-hydrogen) atoms. The third-order valence-electron chi connectivity index (χ3n) is 3.47. The molecule has 2 atom stereocenters. The quantitative estimate of drug-likeness (QED) is 0.739. The number of aryl methyl sites for hydroxylation is 1. The monoisotopic (exact) mass is 323 g/mol. The molecule has 1 rings (SSSR count). The maximum absolute atomic E-state index is 12.0. The van der Waals surface area contributed by atoms with E-state index in [-0.39, 0.29) is 24.9 Å². The molecule has 1 aromatic carbocycles. The molecule has 0 spiro atoms. The van der Waals surface area contributed by atoms with Gasteiger partial charge >= 0.3 is 6.09 Å². The van der Waals surface area contributed by atoms with Crippen molar-refractivity contribution < 1.29 is 19.0 Å². The van der Waals surface area contributed by atoms with Crippen LogP contribution in [-0.2, 0) is 14.2 Å². The van der Waals surface area contributed by atoms with Crippen LogP contribution >= 0.6 is 0 Å². The van der Waals surface area contributed by atoms with Gasteiger partial charge in [0.05, 0.1) is 0 Å². The summed E-state index contributed by atoms with van der Waals surface area (Å²) >= 11 is 0. The number of alkyl carbamates (subject to hydrolysis) is 1. The van der Waals surface area contributed by atoms with Crippen LogP contribution in [0.1, 0.15) is 44.9 Å². The average Bonchev–Trinajstić information content (AvgIpc) is 2.46. The van der Waals surface area contributed by atoms with E-state index in [0.717, 1.165) is 11.1 Å². The zero-order valence-electron chi connectivity index (χ0n) is 15.0. The molecule has 130 valence electrons. The van der Waals surface area contributed by atoms with E-state index in [9.17, 15) is 4.79 Å². The lowest BCUT2D eigenvalue weighted by Gasteiger charge is -2.31. The van der Waals surface area contributed by atoms with Crippen molar-refractivity contribution in [1.29, 1.82) is 0 Å². The number of hydrogen-bond acceptors (Lipinski definition) is 4. The SMILES string of the molecule is COCOC(c1ccccc1C)C(OC(=O)NC(C)C)C(C)C. The summed E-state index contributed by atoms with van der Waals surface area (Å²) < 4.78 is 16.6. The van der Waals surface area contributed by atoms with Crippen molar-refractivity contribution in [3.8, 4) is 0 Å². The maximum atomic E-state index is 12.0. The molecule has 0 heterocycles. The molecular weight excluding hydrogens is 294 g/mol. The molecule has 0 aliphatic rings. The smallest absolute Gasteiger partial charge is 0.407 e. The maximum Gasteiger partial charge on any atom is 0.407 e. The summed E-state index contributed by atoms with van der Waals surface area (Å²) in [5.41, 5.74) is 2.09. The summed E-state index contributed by atoms with van der Waals surface area (Å²) in [6, 6.07) is 7.96. The summed E-state index contributed by atoms with van der Waals surface area (Å²) in [4.78, 5) is 12.0. The number of rotatable bonds is 8. The fourth-order valence-electron chi connectivity index (χ4n) is 2.35. The molecule has 0 saturated heterocycles. The van der Waals surface area contributed by atoms with Crippen molar-refractivity contribution in [3.05, 3.63) is 35.4 Å². The van der Waals surface area contributed by atoms with Crippen LogP contribution in [0.2, 0.25) is 0 Å². The van der Waals surface area contributed by atoms with Crippen LogP contribution in [0, 0.1) is 12.8 Å². The normalized spacial score (nSPS) is 13.9. The lowest BCUT2D eigenvalue weighted by Crippen LogP contribution is -2.39. The highest BCUT2D eigenvalue weighted by molar-refractivity contribution is 5.67. The van der Waals surface area contributed by atoms with E-state index in [2.05, 4.69) is 5.32 Å². The Kier molecular flexibility index (Phi) is 8.06. The average molecular weight is 323 g/mol. The van der Waals surface area contributed by atoms with Gasteiger partial charge in [0.25, 0.3) is 0 Å².